The summed E-state index contributed by atoms with van der Waals surface area (Å²) in [5, 5.41) is 7.42. The zero-order valence-electron chi connectivity index (χ0n) is 13.7. The topological polar surface area (TPSA) is 45.7 Å². The first-order chi connectivity index (χ1) is 10.8. The highest BCUT2D eigenvalue weighted by Gasteiger charge is 1.98. The highest BCUT2D eigenvalue weighted by Crippen LogP contribution is 2.09. The summed E-state index contributed by atoms with van der Waals surface area (Å²) in [6, 6.07) is 7.97. The standard InChI is InChI=1S/C17H28ClN3O/c1-3-19-17(20-12-5-4-6-14-22-2)21-13-11-15-7-9-16(18)10-8-15/h7-10H,3-6,11-14H2,1-2H3,(H2,19,20,21). The Morgan fingerprint density at radius 2 is 1.91 bits per heavy atom. The fourth-order valence-corrected chi connectivity index (χ4v) is 2.17. The molecule has 2 N–H and O–H groups in total. The minimum Gasteiger partial charge on any atom is -0.385 e. The summed E-state index contributed by atoms with van der Waals surface area (Å²) in [6.45, 7) is 5.49. The smallest absolute Gasteiger partial charge is 0.191 e. The first kappa shape index (κ1) is 18.8. The number of nitrogens with zero attached hydrogens (tertiary/aromatic N) is 1. The number of hydrogen-bond donors (Lipinski definition) is 2. The van der Waals surface area contributed by atoms with E-state index in [0.717, 1.165) is 62.9 Å². The van der Waals surface area contributed by atoms with Crippen LogP contribution in [-0.2, 0) is 11.2 Å². The first-order valence-electron chi connectivity index (χ1n) is 8.01. The van der Waals surface area contributed by atoms with Gasteiger partial charge in [0, 0.05) is 38.4 Å². The van der Waals surface area contributed by atoms with E-state index < -0.39 is 0 Å². The van der Waals surface area contributed by atoms with Crippen LogP contribution in [0, 0.1) is 0 Å². The Morgan fingerprint density at radius 3 is 2.59 bits per heavy atom. The van der Waals surface area contributed by atoms with Gasteiger partial charge in [0.05, 0.1) is 0 Å². The fourth-order valence-electron chi connectivity index (χ4n) is 2.04. The van der Waals surface area contributed by atoms with Crippen molar-refractivity contribution in [1.29, 1.82) is 0 Å². The molecule has 0 amide bonds. The second kappa shape index (κ2) is 12.3. The van der Waals surface area contributed by atoms with Gasteiger partial charge >= 0.3 is 0 Å². The van der Waals surface area contributed by atoms with Crippen LogP contribution in [0.15, 0.2) is 29.3 Å². The van der Waals surface area contributed by atoms with Crippen LogP contribution in [0.1, 0.15) is 31.7 Å². The van der Waals surface area contributed by atoms with Gasteiger partial charge in [-0.05, 0) is 50.3 Å². The highest BCUT2D eigenvalue weighted by atomic mass is 35.5. The Morgan fingerprint density at radius 1 is 1.14 bits per heavy atom. The van der Waals surface area contributed by atoms with Crippen molar-refractivity contribution in [3.05, 3.63) is 34.9 Å². The molecule has 0 atom stereocenters. The number of unbranched alkanes of at least 4 members (excludes halogenated alkanes) is 2. The number of ether oxygens (including phenoxy) is 1. The summed E-state index contributed by atoms with van der Waals surface area (Å²) in [7, 11) is 1.74. The van der Waals surface area contributed by atoms with Gasteiger partial charge in [-0.15, -0.1) is 0 Å². The number of hydrogen-bond acceptors (Lipinski definition) is 2. The molecule has 1 aromatic carbocycles. The van der Waals surface area contributed by atoms with Crippen molar-refractivity contribution in [3.8, 4) is 0 Å². The minimum atomic E-state index is 0.778. The monoisotopic (exact) mass is 325 g/mol. The molecule has 0 saturated heterocycles. The van der Waals surface area contributed by atoms with E-state index in [1.54, 1.807) is 7.11 Å². The third kappa shape index (κ3) is 8.90. The second-order valence-electron chi connectivity index (χ2n) is 5.12. The molecule has 0 aliphatic rings. The summed E-state index contributed by atoms with van der Waals surface area (Å²) >= 11 is 5.89. The lowest BCUT2D eigenvalue weighted by atomic mass is 10.1. The molecule has 0 aromatic heterocycles. The lowest BCUT2D eigenvalue weighted by Gasteiger charge is -2.11. The normalized spacial score (nSPS) is 11.5. The predicted molar refractivity (Wildman–Crippen MR) is 94.9 cm³/mol. The molecule has 1 aromatic rings. The van der Waals surface area contributed by atoms with Crippen molar-refractivity contribution >= 4 is 17.6 Å². The molecular formula is C17H28ClN3O. The Balaban J connectivity index is 2.25. The van der Waals surface area contributed by atoms with E-state index in [0.29, 0.717) is 0 Å². The summed E-state index contributed by atoms with van der Waals surface area (Å²) in [5.74, 6) is 0.892. The summed E-state index contributed by atoms with van der Waals surface area (Å²) in [6.07, 6.45) is 4.31. The molecule has 0 aliphatic heterocycles. The van der Waals surface area contributed by atoms with Crippen molar-refractivity contribution in [2.75, 3.05) is 33.4 Å². The lowest BCUT2D eigenvalue weighted by Crippen LogP contribution is -2.38. The molecule has 4 nitrogen and oxygen atoms in total. The molecule has 0 fully saturated rings. The van der Waals surface area contributed by atoms with Crippen molar-refractivity contribution in [1.82, 2.24) is 10.6 Å². The maximum atomic E-state index is 5.89. The van der Waals surface area contributed by atoms with E-state index >= 15 is 0 Å². The quantitative estimate of drug-likeness (QED) is 0.394. The van der Waals surface area contributed by atoms with Crippen LogP contribution < -0.4 is 10.6 Å². The molecule has 0 aliphatic carbocycles. The first-order valence-corrected chi connectivity index (χ1v) is 8.39. The summed E-state index contributed by atoms with van der Waals surface area (Å²) in [5.41, 5.74) is 1.27. The van der Waals surface area contributed by atoms with Gasteiger partial charge in [-0.1, -0.05) is 23.7 Å². The largest absolute Gasteiger partial charge is 0.385 e. The van der Waals surface area contributed by atoms with Crippen molar-refractivity contribution in [2.24, 2.45) is 4.99 Å². The van der Waals surface area contributed by atoms with Gasteiger partial charge in [-0.2, -0.15) is 0 Å². The van der Waals surface area contributed by atoms with E-state index in [-0.39, 0.29) is 0 Å². The van der Waals surface area contributed by atoms with Gasteiger partial charge in [-0.3, -0.25) is 4.99 Å². The van der Waals surface area contributed by atoms with Gasteiger partial charge in [0.15, 0.2) is 5.96 Å². The average Bonchev–Trinajstić information content (AvgIpc) is 2.52. The third-order valence-corrected chi connectivity index (χ3v) is 3.49. The minimum absolute atomic E-state index is 0.778. The van der Waals surface area contributed by atoms with E-state index in [4.69, 9.17) is 16.3 Å². The number of rotatable bonds is 10. The number of nitrogens with one attached hydrogen (secondary N) is 2. The molecule has 124 valence electrons. The molecule has 5 heteroatoms. The van der Waals surface area contributed by atoms with E-state index in [1.165, 1.54) is 5.56 Å². The Labute approximate surface area is 139 Å². The van der Waals surface area contributed by atoms with Gasteiger partial charge in [-0.25, -0.2) is 0 Å². The molecule has 0 radical (unpaired) electrons. The Kier molecular flexibility index (Phi) is 10.5. The predicted octanol–water partition coefficient (Wildman–Crippen LogP) is 3.25. The van der Waals surface area contributed by atoms with E-state index in [1.807, 2.05) is 12.1 Å². The molecule has 0 bridgehead atoms. The molecule has 0 heterocycles. The van der Waals surface area contributed by atoms with Crippen LogP contribution in [-0.4, -0.2) is 39.3 Å². The van der Waals surface area contributed by atoms with Crippen molar-refractivity contribution in [3.63, 3.8) is 0 Å². The molecule has 0 saturated carbocycles. The molecule has 0 unspecified atom stereocenters. The fraction of sp³-hybridized carbons (Fsp3) is 0.588. The van der Waals surface area contributed by atoms with Crippen molar-refractivity contribution in [2.45, 2.75) is 32.6 Å². The molecule has 0 spiro atoms. The maximum absolute atomic E-state index is 5.89. The number of aliphatic imine (C=N–C) groups is 1. The van der Waals surface area contributed by atoms with Gasteiger partial charge in [0.25, 0.3) is 0 Å². The summed E-state index contributed by atoms with van der Waals surface area (Å²) in [4.78, 5) is 4.59. The van der Waals surface area contributed by atoms with Gasteiger partial charge in [0.1, 0.15) is 0 Å². The molecule has 1 rings (SSSR count). The van der Waals surface area contributed by atoms with E-state index in [9.17, 15) is 0 Å². The zero-order valence-corrected chi connectivity index (χ0v) is 14.5. The lowest BCUT2D eigenvalue weighted by molar-refractivity contribution is 0.192. The van der Waals surface area contributed by atoms with Crippen LogP contribution in [0.2, 0.25) is 5.02 Å². The van der Waals surface area contributed by atoms with Crippen LogP contribution in [0.4, 0.5) is 0 Å². The van der Waals surface area contributed by atoms with Crippen LogP contribution in [0.3, 0.4) is 0 Å². The Hall–Kier alpha value is -1.26. The number of benzene rings is 1. The summed E-state index contributed by atoms with van der Waals surface area (Å²) < 4.78 is 5.04. The van der Waals surface area contributed by atoms with E-state index in [2.05, 4.69) is 34.7 Å². The van der Waals surface area contributed by atoms with Crippen molar-refractivity contribution < 1.29 is 4.74 Å². The zero-order chi connectivity index (χ0) is 16.0. The van der Waals surface area contributed by atoms with Crippen LogP contribution >= 0.6 is 11.6 Å². The van der Waals surface area contributed by atoms with Crippen LogP contribution in [0.5, 0.6) is 0 Å². The maximum Gasteiger partial charge on any atom is 0.191 e. The number of halogens is 1. The number of guanidine groups is 1. The highest BCUT2D eigenvalue weighted by molar-refractivity contribution is 6.30. The van der Waals surface area contributed by atoms with Crippen LogP contribution in [0.25, 0.3) is 0 Å². The molecule has 22 heavy (non-hydrogen) atoms. The van der Waals surface area contributed by atoms with Gasteiger partial charge < -0.3 is 15.4 Å². The SMILES string of the molecule is CCNC(=NCCCCCOC)NCCc1ccc(Cl)cc1. The Bertz CT molecular complexity index is 420. The second-order valence-corrected chi connectivity index (χ2v) is 5.55. The third-order valence-electron chi connectivity index (χ3n) is 3.24. The molecular weight excluding hydrogens is 298 g/mol. The average molecular weight is 326 g/mol. The number of methoxy groups -OCH3 is 1. The van der Waals surface area contributed by atoms with Gasteiger partial charge in [0.2, 0.25) is 0 Å².